The van der Waals surface area contributed by atoms with Crippen molar-refractivity contribution >= 4 is 10.0 Å². The van der Waals surface area contributed by atoms with Gasteiger partial charge >= 0.3 is 0 Å². The molecule has 2 aromatic rings. The molecule has 23 heavy (non-hydrogen) atoms. The first-order chi connectivity index (χ1) is 10.9. The lowest BCUT2D eigenvalue weighted by Crippen LogP contribution is -2.26. The number of para-hydroxylation sites is 1. The van der Waals surface area contributed by atoms with Crippen LogP contribution in [0.3, 0.4) is 0 Å². The SMILES string of the molecule is CC(C)Oc1ccc(S(=O)(=O)NCCc2ccccc2O)cc1. The molecule has 0 unspecified atom stereocenters. The molecule has 2 N–H and O–H groups in total. The number of phenols is 1. The summed E-state index contributed by atoms with van der Waals surface area (Å²) < 4.78 is 32.5. The van der Waals surface area contributed by atoms with E-state index in [1.165, 1.54) is 12.1 Å². The fourth-order valence-electron chi connectivity index (χ4n) is 2.10. The molecule has 0 atom stereocenters. The average molecular weight is 335 g/mol. The highest BCUT2D eigenvalue weighted by Gasteiger charge is 2.14. The van der Waals surface area contributed by atoms with Crippen LogP contribution in [0.5, 0.6) is 11.5 Å². The number of hydrogen-bond acceptors (Lipinski definition) is 4. The Morgan fingerprint density at radius 1 is 1.09 bits per heavy atom. The molecule has 2 rings (SSSR count). The first kappa shape index (κ1) is 17.3. The van der Waals surface area contributed by atoms with Crippen LogP contribution in [0, 0.1) is 0 Å². The van der Waals surface area contributed by atoms with Gasteiger partial charge < -0.3 is 9.84 Å². The van der Waals surface area contributed by atoms with Crippen molar-refractivity contribution < 1.29 is 18.3 Å². The molecule has 0 heterocycles. The number of nitrogens with one attached hydrogen (secondary N) is 1. The van der Waals surface area contributed by atoms with Crippen molar-refractivity contribution in [2.45, 2.75) is 31.3 Å². The highest BCUT2D eigenvalue weighted by Crippen LogP contribution is 2.18. The molecule has 2 aromatic carbocycles. The van der Waals surface area contributed by atoms with Crippen molar-refractivity contribution in [3.63, 3.8) is 0 Å². The number of phenolic OH excluding ortho intramolecular Hbond substituents is 1. The second kappa shape index (κ2) is 7.48. The van der Waals surface area contributed by atoms with Crippen molar-refractivity contribution in [2.24, 2.45) is 0 Å². The predicted octanol–water partition coefficient (Wildman–Crippen LogP) is 2.70. The van der Waals surface area contributed by atoms with Crippen molar-refractivity contribution in [1.29, 1.82) is 0 Å². The normalized spacial score (nSPS) is 11.6. The number of rotatable bonds is 7. The van der Waals surface area contributed by atoms with Crippen LogP contribution in [0.2, 0.25) is 0 Å². The van der Waals surface area contributed by atoms with Gasteiger partial charge in [0.2, 0.25) is 10.0 Å². The van der Waals surface area contributed by atoms with E-state index >= 15 is 0 Å². The fraction of sp³-hybridized carbons (Fsp3) is 0.294. The summed E-state index contributed by atoms with van der Waals surface area (Å²) in [5.41, 5.74) is 0.705. The van der Waals surface area contributed by atoms with Gasteiger partial charge in [-0.2, -0.15) is 0 Å². The van der Waals surface area contributed by atoms with Crippen molar-refractivity contribution in [2.75, 3.05) is 6.54 Å². The highest BCUT2D eigenvalue weighted by atomic mass is 32.2. The Balaban J connectivity index is 1.97. The quantitative estimate of drug-likeness (QED) is 0.816. The Morgan fingerprint density at radius 3 is 2.35 bits per heavy atom. The molecule has 0 bridgehead atoms. The summed E-state index contributed by atoms with van der Waals surface area (Å²) in [6.45, 7) is 4.03. The first-order valence-electron chi connectivity index (χ1n) is 7.42. The third kappa shape index (κ3) is 4.97. The van der Waals surface area contributed by atoms with E-state index in [1.807, 2.05) is 13.8 Å². The minimum absolute atomic E-state index is 0.0362. The van der Waals surface area contributed by atoms with Gasteiger partial charge in [0.25, 0.3) is 0 Å². The molecule has 0 amide bonds. The van der Waals surface area contributed by atoms with Gasteiger partial charge in [-0.25, -0.2) is 13.1 Å². The van der Waals surface area contributed by atoms with E-state index in [0.29, 0.717) is 17.7 Å². The van der Waals surface area contributed by atoms with E-state index < -0.39 is 10.0 Å². The molecular weight excluding hydrogens is 314 g/mol. The van der Waals surface area contributed by atoms with E-state index in [4.69, 9.17) is 4.74 Å². The Kier molecular flexibility index (Phi) is 5.63. The number of aromatic hydroxyl groups is 1. The average Bonchev–Trinajstić information content (AvgIpc) is 2.49. The molecule has 0 aliphatic rings. The van der Waals surface area contributed by atoms with Crippen LogP contribution in [-0.2, 0) is 16.4 Å². The van der Waals surface area contributed by atoms with Crippen LogP contribution in [0.25, 0.3) is 0 Å². The summed E-state index contributed by atoms with van der Waals surface area (Å²) in [6.07, 6.45) is 0.453. The molecule has 6 heteroatoms. The lowest BCUT2D eigenvalue weighted by molar-refractivity contribution is 0.242. The molecule has 5 nitrogen and oxygen atoms in total. The molecule has 0 saturated heterocycles. The molecule has 0 aromatic heterocycles. The fourth-order valence-corrected chi connectivity index (χ4v) is 3.13. The zero-order valence-electron chi connectivity index (χ0n) is 13.2. The number of benzene rings is 2. The first-order valence-corrected chi connectivity index (χ1v) is 8.90. The minimum atomic E-state index is -3.58. The zero-order chi connectivity index (χ0) is 16.9. The van der Waals surface area contributed by atoms with Crippen LogP contribution in [0.4, 0.5) is 0 Å². The minimum Gasteiger partial charge on any atom is -0.508 e. The summed E-state index contributed by atoms with van der Waals surface area (Å²) >= 11 is 0. The molecule has 0 saturated carbocycles. The number of sulfonamides is 1. The zero-order valence-corrected chi connectivity index (χ0v) is 14.0. The van der Waals surface area contributed by atoms with Crippen LogP contribution in [0.1, 0.15) is 19.4 Å². The summed E-state index contributed by atoms with van der Waals surface area (Å²) in [7, 11) is -3.58. The van der Waals surface area contributed by atoms with Crippen LogP contribution in [0.15, 0.2) is 53.4 Å². The van der Waals surface area contributed by atoms with Crippen LogP contribution >= 0.6 is 0 Å². The van der Waals surface area contributed by atoms with E-state index in [9.17, 15) is 13.5 Å². The summed E-state index contributed by atoms with van der Waals surface area (Å²) in [5, 5.41) is 9.67. The van der Waals surface area contributed by atoms with Gasteiger partial charge in [-0.3, -0.25) is 0 Å². The van der Waals surface area contributed by atoms with Crippen LogP contribution in [-0.4, -0.2) is 26.2 Å². The number of ether oxygens (including phenoxy) is 1. The van der Waals surface area contributed by atoms with Gasteiger partial charge in [0.15, 0.2) is 0 Å². The topological polar surface area (TPSA) is 75.6 Å². The lowest BCUT2D eigenvalue weighted by atomic mass is 10.1. The van der Waals surface area contributed by atoms with Gasteiger partial charge in [-0.05, 0) is 56.2 Å². The maximum atomic E-state index is 12.2. The van der Waals surface area contributed by atoms with E-state index in [-0.39, 0.29) is 23.3 Å². The van der Waals surface area contributed by atoms with Gasteiger partial charge in [-0.15, -0.1) is 0 Å². The second-order valence-electron chi connectivity index (χ2n) is 5.41. The van der Waals surface area contributed by atoms with Gasteiger partial charge in [0.1, 0.15) is 11.5 Å². The van der Waals surface area contributed by atoms with E-state index in [1.54, 1.807) is 36.4 Å². The molecular formula is C17H21NO4S. The maximum absolute atomic E-state index is 12.2. The third-order valence-electron chi connectivity index (χ3n) is 3.18. The monoisotopic (exact) mass is 335 g/mol. The molecule has 0 fully saturated rings. The van der Waals surface area contributed by atoms with Gasteiger partial charge in [0, 0.05) is 6.54 Å². The van der Waals surface area contributed by atoms with Crippen molar-refractivity contribution in [1.82, 2.24) is 4.72 Å². The highest BCUT2D eigenvalue weighted by molar-refractivity contribution is 7.89. The van der Waals surface area contributed by atoms with Gasteiger partial charge in [-0.1, -0.05) is 18.2 Å². The third-order valence-corrected chi connectivity index (χ3v) is 4.66. The van der Waals surface area contributed by atoms with Crippen LogP contribution < -0.4 is 9.46 Å². The van der Waals surface area contributed by atoms with Crippen molar-refractivity contribution in [3.05, 3.63) is 54.1 Å². The van der Waals surface area contributed by atoms with E-state index in [0.717, 1.165) is 0 Å². The molecule has 0 aliphatic heterocycles. The summed E-state index contributed by atoms with van der Waals surface area (Å²) in [5.74, 6) is 0.801. The molecule has 0 radical (unpaired) electrons. The molecule has 0 aliphatic carbocycles. The lowest BCUT2D eigenvalue weighted by Gasteiger charge is -2.11. The Hall–Kier alpha value is -2.05. The standard InChI is InChI=1S/C17H21NO4S/c1-13(2)22-15-7-9-16(10-8-15)23(20,21)18-12-11-14-5-3-4-6-17(14)19/h3-10,13,18-19H,11-12H2,1-2H3. The van der Waals surface area contributed by atoms with Gasteiger partial charge in [0.05, 0.1) is 11.0 Å². The Bertz CT molecular complexity index is 739. The maximum Gasteiger partial charge on any atom is 0.240 e. The second-order valence-corrected chi connectivity index (χ2v) is 7.18. The smallest absolute Gasteiger partial charge is 0.240 e. The number of hydrogen-bond donors (Lipinski definition) is 2. The summed E-state index contributed by atoms with van der Waals surface area (Å²) in [4.78, 5) is 0.186. The Morgan fingerprint density at radius 2 is 1.74 bits per heavy atom. The molecule has 0 spiro atoms. The van der Waals surface area contributed by atoms with E-state index in [2.05, 4.69) is 4.72 Å². The van der Waals surface area contributed by atoms with Crippen molar-refractivity contribution in [3.8, 4) is 11.5 Å². The predicted molar refractivity (Wildman–Crippen MR) is 89.2 cm³/mol. The summed E-state index contributed by atoms with van der Waals surface area (Å²) in [6, 6.07) is 13.2. The molecule has 124 valence electrons. The Labute approximate surface area is 137 Å². The largest absolute Gasteiger partial charge is 0.508 e.